The van der Waals surface area contributed by atoms with Crippen LogP contribution in [0.25, 0.3) is 0 Å². The summed E-state index contributed by atoms with van der Waals surface area (Å²) in [5, 5.41) is 16.2. The van der Waals surface area contributed by atoms with Gasteiger partial charge in [0.15, 0.2) is 5.84 Å². The topological polar surface area (TPSA) is 89.1 Å². The van der Waals surface area contributed by atoms with Crippen molar-refractivity contribution in [1.82, 2.24) is 5.43 Å². The lowest BCUT2D eigenvalue weighted by Crippen LogP contribution is -2.19. The van der Waals surface area contributed by atoms with Crippen LogP contribution in [0.5, 0.6) is 5.75 Å². The molecule has 3 aromatic rings. The molecule has 1 aliphatic heterocycles. The summed E-state index contributed by atoms with van der Waals surface area (Å²) < 4.78 is 5.64. The van der Waals surface area contributed by atoms with Gasteiger partial charge in [0.1, 0.15) is 11.5 Å². The van der Waals surface area contributed by atoms with Crippen molar-refractivity contribution in [2.45, 2.75) is 6.92 Å². The molecular formula is C22H17ClN4O3. The molecule has 8 heteroatoms. The molecule has 30 heavy (non-hydrogen) atoms. The van der Waals surface area contributed by atoms with E-state index in [9.17, 15) is 10.1 Å². The maximum atomic E-state index is 11.0. The number of hydrogen-bond donors (Lipinski definition) is 1. The zero-order valence-electron chi connectivity index (χ0n) is 16.0. The van der Waals surface area contributed by atoms with Crippen molar-refractivity contribution in [2.24, 2.45) is 10.1 Å². The highest BCUT2D eigenvalue weighted by molar-refractivity contribution is 6.30. The number of nitrogens with zero attached hydrogens (tertiary/aromatic N) is 3. The Hall–Kier alpha value is -3.71. The van der Waals surface area contributed by atoms with Gasteiger partial charge in [0, 0.05) is 33.8 Å². The average Bonchev–Trinajstić information content (AvgIpc) is 2.94. The number of benzene rings is 3. The molecule has 0 saturated carbocycles. The summed E-state index contributed by atoms with van der Waals surface area (Å²) in [4.78, 5) is 15.3. The van der Waals surface area contributed by atoms with Crippen molar-refractivity contribution in [3.8, 4) is 5.75 Å². The van der Waals surface area contributed by atoms with E-state index in [4.69, 9.17) is 21.3 Å². The molecule has 0 bridgehead atoms. The smallest absolute Gasteiger partial charge is 0.269 e. The molecule has 4 rings (SSSR count). The van der Waals surface area contributed by atoms with Gasteiger partial charge in [-0.25, -0.2) is 4.99 Å². The van der Waals surface area contributed by atoms with Gasteiger partial charge in [-0.15, -0.1) is 0 Å². The zero-order valence-corrected chi connectivity index (χ0v) is 16.8. The summed E-state index contributed by atoms with van der Waals surface area (Å²) in [5.74, 6) is 1.25. The Balaban J connectivity index is 1.82. The van der Waals surface area contributed by atoms with E-state index < -0.39 is 4.92 Å². The van der Waals surface area contributed by atoms with E-state index in [1.165, 1.54) is 12.1 Å². The van der Waals surface area contributed by atoms with Gasteiger partial charge < -0.3 is 4.74 Å². The van der Waals surface area contributed by atoms with E-state index in [1.54, 1.807) is 24.3 Å². The second-order valence-corrected chi connectivity index (χ2v) is 6.89. The lowest BCUT2D eigenvalue weighted by atomic mass is 10.00. The molecular weight excluding hydrogens is 404 g/mol. The average molecular weight is 421 g/mol. The van der Waals surface area contributed by atoms with E-state index in [-0.39, 0.29) is 5.69 Å². The van der Waals surface area contributed by atoms with E-state index >= 15 is 0 Å². The fourth-order valence-corrected chi connectivity index (χ4v) is 3.20. The van der Waals surface area contributed by atoms with Crippen molar-refractivity contribution in [2.75, 3.05) is 6.61 Å². The Labute approximate surface area is 177 Å². The SMILES string of the molecule is CCOc1ccc2c(c1)C(c1ccc([N+](=O)[O-])cc1)=NNC(c1ccc(Cl)cc1)=N2. The maximum Gasteiger partial charge on any atom is 0.269 e. The number of hydrogen-bond acceptors (Lipinski definition) is 6. The number of aliphatic imine (C=N–C) groups is 1. The number of hydrazone groups is 1. The summed E-state index contributed by atoms with van der Waals surface area (Å²) in [5.41, 5.74) is 6.64. The van der Waals surface area contributed by atoms with E-state index in [0.29, 0.717) is 34.6 Å². The molecule has 3 aromatic carbocycles. The normalized spacial score (nSPS) is 12.7. The van der Waals surface area contributed by atoms with Gasteiger partial charge in [-0.05, 0) is 61.5 Å². The van der Waals surface area contributed by atoms with Crippen molar-refractivity contribution in [3.05, 3.63) is 98.6 Å². The second kappa shape index (κ2) is 8.34. The highest BCUT2D eigenvalue weighted by Crippen LogP contribution is 2.30. The van der Waals surface area contributed by atoms with Crippen LogP contribution in [0, 0.1) is 10.1 Å². The minimum atomic E-state index is -0.431. The Morgan fingerprint density at radius 1 is 1.03 bits per heavy atom. The predicted molar refractivity (Wildman–Crippen MR) is 117 cm³/mol. The first-order valence-electron chi connectivity index (χ1n) is 9.25. The van der Waals surface area contributed by atoms with E-state index in [2.05, 4.69) is 10.5 Å². The van der Waals surface area contributed by atoms with Crippen molar-refractivity contribution in [3.63, 3.8) is 0 Å². The number of nitrogens with one attached hydrogen (secondary N) is 1. The molecule has 7 nitrogen and oxygen atoms in total. The molecule has 0 amide bonds. The van der Waals surface area contributed by atoms with Gasteiger partial charge in [-0.2, -0.15) is 5.10 Å². The van der Waals surface area contributed by atoms with Gasteiger partial charge in [0.05, 0.1) is 17.2 Å². The monoisotopic (exact) mass is 420 g/mol. The van der Waals surface area contributed by atoms with Crippen molar-refractivity contribution >= 4 is 34.5 Å². The first-order chi connectivity index (χ1) is 14.5. The molecule has 0 saturated heterocycles. The molecule has 0 aromatic heterocycles. The lowest BCUT2D eigenvalue weighted by molar-refractivity contribution is -0.384. The second-order valence-electron chi connectivity index (χ2n) is 6.46. The third-order valence-corrected chi connectivity index (χ3v) is 4.76. The first-order valence-corrected chi connectivity index (χ1v) is 9.63. The van der Waals surface area contributed by atoms with Crippen LogP contribution in [0.4, 0.5) is 11.4 Å². The van der Waals surface area contributed by atoms with Crippen LogP contribution in [0.2, 0.25) is 5.02 Å². The number of fused-ring (bicyclic) bond motifs is 1. The maximum absolute atomic E-state index is 11.0. The molecule has 1 N–H and O–H groups in total. The Bertz CT molecular complexity index is 1160. The third kappa shape index (κ3) is 4.01. The summed E-state index contributed by atoms with van der Waals surface area (Å²) in [7, 11) is 0. The van der Waals surface area contributed by atoms with Crippen LogP contribution in [-0.2, 0) is 0 Å². The van der Waals surface area contributed by atoms with Crippen LogP contribution in [0.15, 0.2) is 76.8 Å². The van der Waals surface area contributed by atoms with E-state index in [0.717, 1.165) is 16.7 Å². The molecule has 0 fully saturated rings. The zero-order chi connectivity index (χ0) is 21.1. The van der Waals surface area contributed by atoms with Crippen molar-refractivity contribution < 1.29 is 9.66 Å². The largest absolute Gasteiger partial charge is 0.494 e. The highest BCUT2D eigenvalue weighted by atomic mass is 35.5. The standard InChI is InChI=1S/C22H17ClN4O3/c1-2-30-18-11-12-20-19(13-18)21(14-5-9-17(10-6-14)27(28)29)25-26-22(24-20)15-3-7-16(23)8-4-15/h3-13H,2H2,1H3,(H,24,26). The molecule has 0 atom stereocenters. The number of rotatable bonds is 5. The Morgan fingerprint density at radius 3 is 2.40 bits per heavy atom. The molecule has 0 aliphatic carbocycles. The van der Waals surface area contributed by atoms with Gasteiger partial charge in [0.2, 0.25) is 0 Å². The van der Waals surface area contributed by atoms with Crippen LogP contribution >= 0.6 is 11.6 Å². The number of halogens is 1. The quantitative estimate of drug-likeness (QED) is 0.460. The number of amidine groups is 1. The summed E-state index contributed by atoms with van der Waals surface area (Å²) in [6.45, 7) is 2.44. The Kier molecular flexibility index (Phi) is 5.45. The fraction of sp³-hybridized carbons (Fsp3) is 0.0909. The molecule has 0 spiro atoms. The summed E-state index contributed by atoms with van der Waals surface area (Å²) in [6, 6.07) is 19.1. The van der Waals surface area contributed by atoms with E-state index in [1.807, 2.05) is 37.3 Å². The van der Waals surface area contributed by atoms with Gasteiger partial charge >= 0.3 is 0 Å². The van der Waals surface area contributed by atoms with Crippen LogP contribution < -0.4 is 10.2 Å². The number of non-ortho nitro benzene ring substituents is 1. The lowest BCUT2D eigenvalue weighted by Gasteiger charge is -2.10. The minimum absolute atomic E-state index is 0.0160. The molecule has 150 valence electrons. The Morgan fingerprint density at radius 2 is 1.73 bits per heavy atom. The van der Waals surface area contributed by atoms with Crippen LogP contribution in [0.3, 0.4) is 0 Å². The minimum Gasteiger partial charge on any atom is -0.494 e. The van der Waals surface area contributed by atoms with Crippen molar-refractivity contribution in [1.29, 1.82) is 0 Å². The summed E-state index contributed by atoms with van der Waals surface area (Å²) in [6.07, 6.45) is 0. The van der Waals surface area contributed by atoms with Gasteiger partial charge in [0.25, 0.3) is 5.69 Å². The van der Waals surface area contributed by atoms with Crippen LogP contribution in [0.1, 0.15) is 23.6 Å². The van der Waals surface area contributed by atoms with Gasteiger partial charge in [-0.3, -0.25) is 15.5 Å². The molecule has 0 unspecified atom stereocenters. The van der Waals surface area contributed by atoms with Gasteiger partial charge in [-0.1, -0.05) is 11.6 Å². The number of ether oxygens (including phenoxy) is 1. The highest BCUT2D eigenvalue weighted by Gasteiger charge is 2.19. The molecule has 1 aliphatic rings. The fourth-order valence-electron chi connectivity index (χ4n) is 3.07. The summed E-state index contributed by atoms with van der Waals surface area (Å²) >= 11 is 6.00. The molecule has 1 heterocycles. The number of nitro benzene ring substituents is 1. The first kappa shape index (κ1) is 19.6. The third-order valence-electron chi connectivity index (χ3n) is 4.51. The number of nitro groups is 1. The van der Waals surface area contributed by atoms with Crippen LogP contribution in [-0.4, -0.2) is 23.1 Å². The molecule has 0 radical (unpaired) electrons. The predicted octanol–water partition coefficient (Wildman–Crippen LogP) is 5.08.